The van der Waals surface area contributed by atoms with Crippen LogP contribution in [0.2, 0.25) is 0 Å². The highest BCUT2D eigenvalue weighted by Gasteiger charge is 2.30. The molecule has 0 aliphatic carbocycles. The Kier molecular flexibility index (Phi) is 3.37. The summed E-state index contributed by atoms with van der Waals surface area (Å²) in [6.07, 6.45) is 3.26. The average Bonchev–Trinajstić information content (AvgIpc) is 2.83. The third-order valence-corrected chi connectivity index (χ3v) is 3.64. The fourth-order valence-corrected chi connectivity index (χ4v) is 2.67. The van der Waals surface area contributed by atoms with E-state index >= 15 is 0 Å². The number of pyridine rings is 1. The number of para-hydroxylation sites is 1. The van der Waals surface area contributed by atoms with Crippen LogP contribution in [-0.4, -0.2) is 17.4 Å². The molecular weight excluding hydrogens is 250 g/mol. The number of nitrogen functional groups attached to an aromatic ring is 1. The number of hydrogen-bond donors (Lipinski definition) is 1. The summed E-state index contributed by atoms with van der Waals surface area (Å²) in [6.45, 7) is 0.771. The zero-order valence-corrected chi connectivity index (χ0v) is 11.2. The smallest absolute Gasteiger partial charge is 0.227 e. The predicted octanol–water partition coefficient (Wildman–Crippen LogP) is 2.26. The summed E-state index contributed by atoms with van der Waals surface area (Å²) < 4.78 is 0. The minimum atomic E-state index is 0.199. The maximum absolute atomic E-state index is 12.1. The molecule has 2 N–H and O–H groups in total. The molecule has 1 aromatic carbocycles. The fraction of sp³-hybridized carbons (Fsp3) is 0.250. The van der Waals surface area contributed by atoms with Gasteiger partial charge in [0.25, 0.3) is 0 Å². The Labute approximate surface area is 118 Å². The van der Waals surface area contributed by atoms with Gasteiger partial charge in [-0.2, -0.15) is 0 Å². The van der Waals surface area contributed by atoms with Crippen LogP contribution in [0.15, 0.2) is 48.7 Å². The van der Waals surface area contributed by atoms with Gasteiger partial charge in [0.2, 0.25) is 5.91 Å². The molecule has 1 aliphatic heterocycles. The van der Waals surface area contributed by atoms with Crippen molar-refractivity contribution in [1.29, 1.82) is 0 Å². The normalized spacial score (nSPS) is 18.5. The van der Waals surface area contributed by atoms with Gasteiger partial charge in [-0.1, -0.05) is 24.3 Å². The summed E-state index contributed by atoms with van der Waals surface area (Å²) in [5.41, 5.74) is 7.69. The molecule has 3 rings (SSSR count). The van der Waals surface area contributed by atoms with Crippen LogP contribution < -0.4 is 10.6 Å². The predicted molar refractivity (Wildman–Crippen MR) is 79.3 cm³/mol. The van der Waals surface area contributed by atoms with Gasteiger partial charge < -0.3 is 10.6 Å². The molecule has 20 heavy (non-hydrogen) atoms. The summed E-state index contributed by atoms with van der Waals surface area (Å²) in [5.74, 6) is 1.07. The first-order valence-corrected chi connectivity index (χ1v) is 6.78. The molecule has 4 nitrogen and oxygen atoms in total. The van der Waals surface area contributed by atoms with E-state index in [4.69, 9.17) is 5.73 Å². The third-order valence-electron chi connectivity index (χ3n) is 3.64. The first-order chi connectivity index (χ1) is 9.72. The summed E-state index contributed by atoms with van der Waals surface area (Å²) in [5, 5.41) is 0. The zero-order valence-electron chi connectivity index (χ0n) is 11.2. The van der Waals surface area contributed by atoms with E-state index in [9.17, 15) is 4.79 Å². The van der Waals surface area contributed by atoms with E-state index in [-0.39, 0.29) is 5.91 Å². The summed E-state index contributed by atoms with van der Waals surface area (Å²) >= 11 is 0. The number of carbonyl (C=O) groups excluding carboxylic acids is 1. The van der Waals surface area contributed by atoms with Crippen LogP contribution in [0, 0.1) is 5.92 Å². The molecular formula is C16H17N3O. The highest BCUT2D eigenvalue weighted by atomic mass is 16.2. The standard InChI is InChI=1S/C16H17N3O/c17-15-7-6-12(10-18-15)8-13-9-16(20)19(11-13)14-4-2-1-3-5-14/h1-7,10,13H,8-9,11H2,(H2,17,18)/t13-/m1/s1. The molecule has 0 saturated carbocycles. The highest BCUT2D eigenvalue weighted by Crippen LogP contribution is 2.27. The van der Waals surface area contributed by atoms with E-state index in [0.29, 0.717) is 18.2 Å². The minimum absolute atomic E-state index is 0.199. The van der Waals surface area contributed by atoms with Crippen molar-refractivity contribution in [3.05, 3.63) is 54.2 Å². The minimum Gasteiger partial charge on any atom is -0.384 e. The van der Waals surface area contributed by atoms with Crippen molar-refractivity contribution < 1.29 is 4.79 Å². The molecule has 1 aliphatic rings. The van der Waals surface area contributed by atoms with E-state index in [1.54, 1.807) is 12.3 Å². The van der Waals surface area contributed by atoms with E-state index < -0.39 is 0 Å². The van der Waals surface area contributed by atoms with Crippen LogP contribution in [0.5, 0.6) is 0 Å². The van der Waals surface area contributed by atoms with Gasteiger partial charge in [-0.25, -0.2) is 4.98 Å². The molecule has 102 valence electrons. The summed E-state index contributed by atoms with van der Waals surface area (Å²) in [6, 6.07) is 13.6. The average molecular weight is 267 g/mol. The Morgan fingerprint density at radius 1 is 1.20 bits per heavy atom. The maximum atomic E-state index is 12.1. The van der Waals surface area contributed by atoms with Crippen LogP contribution in [0.3, 0.4) is 0 Å². The Hall–Kier alpha value is -2.36. The lowest BCUT2D eigenvalue weighted by molar-refractivity contribution is -0.117. The molecule has 1 amide bonds. The largest absolute Gasteiger partial charge is 0.384 e. The molecule has 1 aromatic heterocycles. The number of aromatic nitrogens is 1. The van der Waals surface area contributed by atoms with Crippen molar-refractivity contribution in [3.63, 3.8) is 0 Å². The molecule has 0 bridgehead atoms. The van der Waals surface area contributed by atoms with E-state index in [2.05, 4.69) is 4.98 Å². The van der Waals surface area contributed by atoms with Crippen molar-refractivity contribution in [3.8, 4) is 0 Å². The molecule has 1 atom stereocenters. The second kappa shape index (κ2) is 5.33. The first kappa shape index (κ1) is 12.7. The van der Waals surface area contributed by atoms with Crippen LogP contribution in [0.25, 0.3) is 0 Å². The summed E-state index contributed by atoms with van der Waals surface area (Å²) in [4.78, 5) is 18.1. The lowest BCUT2D eigenvalue weighted by Crippen LogP contribution is -2.24. The van der Waals surface area contributed by atoms with Crippen LogP contribution in [-0.2, 0) is 11.2 Å². The number of benzene rings is 1. The summed E-state index contributed by atoms with van der Waals surface area (Å²) in [7, 11) is 0. The number of rotatable bonds is 3. The van der Waals surface area contributed by atoms with Crippen molar-refractivity contribution in [2.45, 2.75) is 12.8 Å². The van der Waals surface area contributed by atoms with Crippen molar-refractivity contribution >= 4 is 17.4 Å². The lowest BCUT2D eigenvalue weighted by atomic mass is 10.00. The third kappa shape index (κ3) is 2.64. The van der Waals surface area contributed by atoms with Crippen LogP contribution >= 0.6 is 0 Å². The fourth-order valence-electron chi connectivity index (χ4n) is 2.67. The van der Waals surface area contributed by atoms with Gasteiger partial charge in [-0.15, -0.1) is 0 Å². The van der Waals surface area contributed by atoms with E-state index in [1.165, 1.54) is 0 Å². The van der Waals surface area contributed by atoms with Crippen molar-refractivity contribution in [1.82, 2.24) is 4.98 Å². The monoisotopic (exact) mass is 267 g/mol. The van der Waals surface area contributed by atoms with Gasteiger partial charge in [0.05, 0.1) is 0 Å². The topological polar surface area (TPSA) is 59.2 Å². The van der Waals surface area contributed by atoms with Gasteiger partial charge in [0.15, 0.2) is 0 Å². The zero-order chi connectivity index (χ0) is 13.9. The van der Waals surface area contributed by atoms with Gasteiger partial charge in [0, 0.05) is 24.8 Å². The molecule has 0 spiro atoms. The second-order valence-electron chi connectivity index (χ2n) is 5.21. The molecule has 2 heterocycles. The lowest BCUT2D eigenvalue weighted by Gasteiger charge is -2.16. The van der Waals surface area contributed by atoms with Crippen molar-refractivity contribution in [2.75, 3.05) is 17.2 Å². The Balaban J connectivity index is 1.69. The quantitative estimate of drug-likeness (QED) is 0.928. The Bertz CT molecular complexity index is 595. The maximum Gasteiger partial charge on any atom is 0.227 e. The molecule has 1 fully saturated rings. The number of hydrogen-bond acceptors (Lipinski definition) is 3. The van der Waals surface area contributed by atoms with E-state index in [0.717, 1.165) is 24.2 Å². The van der Waals surface area contributed by atoms with Crippen LogP contribution in [0.4, 0.5) is 11.5 Å². The number of anilines is 2. The Morgan fingerprint density at radius 2 is 2.00 bits per heavy atom. The molecule has 4 heteroatoms. The number of carbonyl (C=O) groups is 1. The van der Waals surface area contributed by atoms with Crippen molar-refractivity contribution in [2.24, 2.45) is 5.92 Å². The molecule has 1 saturated heterocycles. The second-order valence-corrected chi connectivity index (χ2v) is 5.21. The van der Waals surface area contributed by atoms with Gasteiger partial charge in [-0.05, 0) is 36.1 Å². The first-order valence-electron chi connectivity index (χ1n) is 6.78. The van der Waals surface area contributed by atoms with Gasteiger partial charge in [0.1, 0.15) is 5.82 Å². The highest BCUT2D eigenvalue weighted by molar-refractivity contribution is 5.95. The molecule has 0 unspecified atom stereocenters. The van der Waals surface area contributed by atoms with E-state index in [1.807, 2.05) is 41.3 Å². The Morgan fingerprint density at radius 3 is 2.70 bits per heavy atom. The molecule has 2 aromatic rings. The number of nitrogens with two attached hydrogens (primary N) is 1. The van der Waals surface area contributed by atoms with Gasteiger partial charge in [-0.3, -0.25) is 4.79 Å². The number of nitrogens with zero attached hydrogens (tertiary/aromatic N) is 2. The number of amides is 1. The van der Waals surface area contributed by atoms with Gasteiger partial charge >= 0.3 is 0 Å². The molecule has 0 radical (unpaired) electrons. The van der Waals surface area contributed by atoms with Crippen LogP contribution in [0.1, 0.15) is 12.0 Å². The SMILES string of the molecule is Nc1ccc(C[C@@H]2CC(=O)N(c3ccccc3)C2)cn1.